The first-order chi connectivity index (χ1) is 17.4. The molecule has 1 fully saturated rings. The molecule has 0 spiro atoms. The largest absolute Gasteiger partial charge is 0.497 e. The van der Waals surface area contributed by atoms with Gasteiger partial charge >= 0.3 is 5.97 Å². The van der Waals surface area contributed by atoms with E-state index in [4.69, 9.17) is 16.3 Å². The Hall–Kier alpha value is -3.18. The van der Waals surface area contributed by atoms with Crippen LogP contribution in [0.15, 0.2) is 48.9 Å². The summed E-state index contributed by atoms with van der Waals surface area (Å²) in [5.41, 5.74) is 1.82. The highest BCUT2D eigenvalue weighted by Gasteiger charge is 2.37. The molecule has 1 aromatic carbocycles. The maximum atomic E-state index is 11.7. The molecule has 0 radical (unpaired) electrons. The zero-order valence-corrected chi connectivity index (χ0v) is 21.0. The Morgan fingerprint density at radius 2 is 2.08 bits per heavy atom. The number of hydrogen-bond acceptors (Lipinski definition) is 6. The molecule has 2 aromatic heterocycles. The second-order valence-electron chi connectivity index (χ2n) is 9.35. The van der Waals surface area contributed by atoms with Crippen molar-refractivity contribution in [2.75, 3.05) is 26.7 Å². The molecule has 1 aliphatic rings. The molecule has 0 unspecified atom stereocenters. The molecule has 2 N–H and O–H groups in total. The zero-order valence-electron chi connectivity index (χ0n) is 20.3. The van der Waals surface area contributed by atoms with E-state index in [1.807, 2.05) is 30.3 Å². The number of carboxylic acids is 1. The fraction of sp³-hybridized carbons (Fsp3) is 0.393. The van der Waals surface area contributed by atoms with Crippen molar-refractivity contribution >= 4 is 28.5 Å². The number of hydrogen-bond donors (Lipinski definition) is 2. The van der Waals surface area contributed by atoms with Crippen LogP contribution in [0, 0.1) is 17.3 Å². The van der Waals surface area contributed by atoms with Crippen molar-refractivity contribution < 1.29 is 19.7 Å². The minimum Gasteiger partial charge on any atom is -0.497 e. The quantitative estimate of drug-likeness (QED) is 0.426. The minimum atomic E-state index is -0.843. The molecule has 0 aliphatic carbocycles. The summed E-state index contributed by atoms with van der Waals surface area (Å²) >= 11 is 6.47. The number of aliphatic carboxylic acids is 1. The fourth-order valence-electron chi connectivity index (χ4n) is 4.93. The maximum absolute atomic E-state index is 11.7. The third kappa shape index (κ3) is 6.33. The Kier molecular flexibility index (Phi) is 8.42. The third-order valence-corrected chi connectivity index (χ3v) is 7.29. The lowest BCUT2D eigenvalue weighted by Crippen LogP contribution is -2.41. The monoisotopic (exact) mass is 507 g/mol. The van der Waals surface area contributed by atoms with E-state index in [0.29, 0.717) is 35.7 Å². The fourth-order valence-corrected chi connectivity index (χ4v) is 5.21. The third-order valence-electron chi connectivity index (χ3n) is 6.99. The van der Waals surface area contributed by atoms with Gasteiger partial charge in [0.05, 0.1) is 36.7 Å². The first-order valence-corrected chi connectivity index (χ1v) is 12.4. The van der Waals surface area contributed by atoms with Crippen LogP contribution < -0.4 is 4.74 Å². The Balaban J connectivity index is 1.43. The van der Waals surface area contributed by atoms with Gasteiger partial charge in [-0.2, -0.15) is 0 Å². The molecular formula is C28H30ClN3O4. The number of halogens is 1. The molecule has 3 heterocycles. The van der Waals surface area contributed by atoms with Gasteiger partial charge in [-0.3, -0.25) is 19.7 Å². The first-order valence-electron chi connectivity index (χ1n) is 12.0. The van der Waals surface area contributed by atoms with Crippen molar-refractivity contribution in [3.63, 3.8) is 0 Å². The summed E-state index contributed by atoms with van der Waals surface area (Å²) in [7, 11) is 1.59. The molecule has 8 heteroatoms. The van der Waals surface area contributed by atoms with E-state index < -0.39 is 12.1 Å². The standard InChI is InChI=1S/C28H30ClN3O4/c1-36-21-6-7-24-22(16-21)27(23(29)19-31-24)25(33)8-9-28(17-26(34)35)10-14-32(15-11-28)13-3-5-20-4-2-12-30-18-20/h2,4,6-7,12,16,18-19,25,33H,8-11,13-15,17H2,1H3,(H,34,35)/t25-/m1/s1. The number of carboxylic acid groups (broad SMARTS) is 1. The number of benzene rings is 1. The molecule has 36 heavy (non-hydrogen) atoms. The van der Waals surface area contributed by atoms with Gasteiger partial charge in [0, 0.05) is 35.1 Å². The van der Waals surface area contributed by atoms with Crippen molar-refractivity contribution in [2.45, 2.75) is 38.2 Å². The Bertz CT molecular complexity index is 1260. The number of pyridine rings is 2. The molecule has 4 rings (SSSR count). The summed E-state index contributed by atoms with van der Waals surface area (Å²) in [6.07, 6.45) is 6.70. The number of carbonyl (C=O) groups is 1. The van der Waals surface area contributed by atoms with Crippen LogP contribution in [-0.4, -0.2) is 57.8 Å². The molecular weight excluding hydrogens is 478 g/mol. The van der Waals surface area contributed by atoms with E-state index in [9.17, 15) is 15.0 Å². The zero-order chi connectivity index (χ0) is 25.5. The first kappa shape index (κ1) is 25.9. The number of piperidine rings is 1. The van der Waals surface area contributed by atoms with E-state index in [0.717, 1.165) is 42.4 Å². The molecule has 1 saturated heterocycles. The minimum absolute atomic E-state index is 0.0770. The van der Waals surface area contributed by atoms with Crippen LogP contribution in [-0.2, 0) is 4.79 Å². The number of ether oxygens (including phenoxy) is 1. The lowest BCUT2D eigenvalue weighted by atomic mass is 9.71. The Labute approximate surface area is 216 Å². The molecule has 1 atom stereocenters. The van der Waals surface area contributed by atoms with Crippen LogP contribution in [0.4, 0.5) is 0 Å². The van der Waals surface area contributed by atoms with Gasteiger partial charge in [-0.1, -0.05) is 23.4 Å². The predicted molar refractivity (Wildman–Crippen MR) is 139 cm³/mol. The Morgan fingerprint density at radius 3 is 2.78 bits per heavy atom. The number of fused-ring (bicyclic) bond motifs is 1. The van der Waals surface area contributed by atoms with E-state index >= 15 is 0 Å². The van der Waals surface area contributed by atoms with Gasteiger partial charge < -0.3 is 14.9 Å². The Morgan fingerprint density at radius 1 is 1.28 bits per heavy atom. The average Bonchev–Trinajstić information content (AvgIpc) is 2.88. The number of rotatable bonds is 8. The molecule has 0 amide bonds. The topological polar surface area (TPSA) is 95.8 Å². The molecule has 188 valence electrons. The smallest absolute Gasteiger partial charge is 0.303 e. The summed E-state index contributed by atoms with van der Waals surface area (Å²) in [5, 5.41) is 22.0. The van der Waals surface area contributed by atoms with E-state index in [1.54, 1.807) is 25.7 Å². The van der Waals surface area contributed by atoms with Gasteiger partial charge in [0.15, 0.2) is 0 Å². The number of likely N-dealkylation sites (tertiary alicyclic amines) is 1. The lowest BCUT2D eigenvalue weighted by Gasteiger charge is -2.41. The number of methoxy groups -OCH3 is 1. The van der Waals surface area contributed by atoms with Crippen LogP contribution in [0.1, 0.15) is 49.3 Å². The van der Waals surface area contributed by atoms with Crippen LogP contribution in [0.5, 0.6) is 5.75 Å². The lowest BCUT2D eigenvalue weighted by molar-refractivity contribution is -0.141. The molecule has 1 aliphatic heterocycles. The van der Waals surface area contributed by atoms with Gasteiger partial charge in [-0.25, -0.2) is 0 Å². The summed E-state index contributed by atoms with van der Waals surface area (Å²) in [5.74, 6) is 6.16. The van der Waals surface area contributed by atoms with Crippen LogP contribution in [0.25, 0.3) is 10.9 Å². The number of aliphatic hydroxyl groups is 1. The molecule has 7 nitrogen and oxygen atoms in total. The highest BCUT2D eigenvalue weighted by molar-refractivity contribution is 6.32. The van der Waals surface area contributed by atoms with Crippen molar-refractivity contribution in [1.29, 1.82) is 0 Å². The van der Waals surface area contributed by atoms with Crippen molar-refractivity contribution in [2.24, 2.45) is 5.41 Å². The SMILES string of the molecule is COc1ccc2ncc(Cl)c([C@H](O)CCC3(CC(=O)O)CCN(CC#Cc4cccnc4)CC3)c2c1. The highest BCUT2D eigenvalue weighted by Crippen LogP contribution is 2.43. The summed E-state index contributed by atoms with van der Waals surface area (Å²) in [4.78, 5) is 22.4. The van der Waals surface area contributed by atoms with E-state index in [2.05, 4.69) is 26.7 Å². The number of aromatic nitrogens is 2. The number of nitrogens with zero attached hydrogens (tertiary/aromatic N) is 3. The van der Waals surface area contributed by atoms with Gasteiger partial charge in [0.1, 0.15) is 5.75 Å². The molecule has 0 bridgehead atoms. The van der Waals surface area contributed by atoms with Crippen molar-refractivity contribution in [1.82, 2.24) is 14.9 Å². The number of aliphatic hydroxyl groups excluding tert-OH is 1. The second kappa shape index (κ2) is 11.7. The maximum Gasteiger partial charge on any atom is 0.303 e. The summed E-state index contributed by atoms with van der Waals surface area (Å²) < 4.78 is 5.34. The van der Waals surface area contributed by atoms with Crippen LogP contribution in [0.3, 0.4) is 0 Å². The summed E-state index contributed by atoms with van der Waals surface area (Å²) in [6, 6.07) is 9.26. The highest BCUT2D eigenvalue weighted by atomic mass is 35.5. The van der Waals surface area contributed by atoms with Crippen molar-refractivity contribution in [3.05, 3.63) is 65.1 Å². The normalized spacial score (nSPS) is 16.2. The van der Waals surface area contributed by atoms with E-state index in [1.165, 1.54) is 0 Å². The van der Waals surface area contributed by atoms with Gasteiger partial charge in [-0.15, -0.1) is 0 Å². The average molecular weight is 508 g/mol. The summed E-state index contributed by atoms with van der Waals surface area (Å²) in [6.45, 7) is 2.16. The van der Waals surface area contributed by atoms with Crippen molar-refractivity contribution in [3.8, 4) is 17.6 Å². The molecule has 0 saturated carbocycles. The second-order valence-corrected chi connectivity index (χ2v) is 9.75. The van der Waals surface area contributed by atoms with Gasteiger partial charge in [0.25, 0.3) is 0 Å². The van der Waals surface area contributed by atoms with Gasteiger partial charge in [-0.05, 0) is 74.5 Å². The van der Waals surface area contributed by atoms with E-state index in [-0.39, 0.29) is 11.8 Å². The predicted octanol–water partition coefficient (Wildman–Crippen LogP) is 4.71. The van der Waals surface area contributed by atoms with Crippen LogP contribution >= 0.6 is 11.6 Å². The molecule has 3 aromatic rings. The van der Waals surface area contributed by atoms with Gasteiger partial charge in [0.2, 0.25) is 0 Å². The van der Waals surface area contributed by atoms with Crippen LogP contribution in [0.2, 0.25) is 5.02 Å².